The predicted octanol–water partition coefficient (Wildman–Crippen LogP) is 2.80. The van der Waals surface area contributed by atoms with E-state index in [2.05, 4.69) is 54.0 Å². The van der Waals surface area contributed by atoms with Gasteiger partial charge < -0.3 is 4.90 Å². The van der Waals surface area contributed by atoms with Crippen molar-refractivity contribution in [2.24, 2.45) is 4.99 Å². The summed E-state index contributed by atoms with van der Waals surface area (Å²) in [6.45, 7) is 0. The summed E-state index contributed by atoms with van der Waals surface area (Å²) in [5.74, 6) is 3.81. The summed E-state index contributed by atoms with van der Waals surface area (Å²) in [7, 11) is 2.13. The molecule has 0 unspecified atom stereocenters. The van der Waals surface area contributed by atoms with Crippen molar-refractivity contribution < 1.29 is 0 Å². The Hall–Kier alpha value is -0.960. The van der Waals surface area contributed by atoms with E-state index in [4.69, 9.17) is 4.99 Å². The Morgan fingerprint density at radius 1 is 1.19 bits per heavy atom. The van der Waals surface area contributed by atoms with Gasteiger partial charge in [0.15, 0.2) is 0 Å². The Morgan fingerprint density at radius 3 is 2.56 bits per heavy atom. The van der Waals surface area contributed by atoms with Crippen LogP contribution in [0.1, 0.15) is 12.8 Å². The first-order valence-corrected chi connectivity index (χ1v) is 6.94. The zero-order valence-electron chi connectivity index (χ0n) is 9.52. The molecule has 2 heterocycles. The number of anilines is 1. The van der Waals surface area contributed by atoms with Crippen molar-refractivity contribution >= 4 is 23.3 Å². The van der Waals surface area contributed by atoms with Gasteiger partial charge in [0.25, 0.3) is 0 Å². The molecule has 1 saturated heterocycles. The second kappa shape index (κ2) is 3.81. The minimum absolute atomic E-state index is 0.218. The Bertz CT molecular complexity index is 407. The lowest BCUT2D eigenvalue weighted by Crippen LogP contribution is -2.34. The van der Waals surface area contributed by atoms with E-state index in [0.29, 0.717) is 0 Å². The Balaban J connectivity index is 1.74. The van der Waals surface area contributed by atoms with E-state index in [1.165, 1.54) is 35.9 Å². The van der Waals surface area contributed by atoms with E-state index in [9.17, 15) is 0 Å². The standard InChI is InChI=1S/C13H16N2S/c1-15(11-5-3-2-4-6-11)12-13(14-12)7-9-16-10-8-13/h2-6H,7-10H2,1H3. The van der Waals surface area contributed by atoms with E-state index < -0.39 is 0 Å². The van der Waals surface area contributed by atoms with Crippen LogP contribution in [-0.4, -0.2) is 29.9 Å². The molecular weight excluding hydrogens is 216 g/mol. The first-order valence-electron chi connectivity index (χ1n) is 5.79. The summed E-state index contributed by atoms with van der Waals surface area (Å²) in [6.07, 6.45) is 2.45. The molecule has 84 valence electrons. The fourth-order valence-corrected chi connectivity index (χ4v) is 3.55. The van der Waals surface area contributed by atoms with Crippen LogP contribution >= 0.6 is 11.8 Å². The highest BCUT2D eigenvalue weighted by Gasteiger charge is 2.49. The van der Waals surface area contributed by atoms with Crippen LogP contribution in [0.25, 0.3) is 0 Å². The number of aliphatic imine (C=N–C) groups is 1. The minimum Gasteiger partial charge on any atom is -0.331 e. The third kappa shape index (κ3) is 1.63. The van der Waals surface area contributed by atoms with Gasteiger partial charge in [0.1, 0.15) is 11.4 Å². The lowest BCUT2D eigenvalue weighted by molar-refractivity contribution is 0.605. The molecule has 3 rings (SSSR count). The van der Waals surface area contributed by atoms with E-state index >= 15 is 0 Å². The first-order chi connectivity index (χ1) is 7.82. The highest BCUT2D eigenvalue weighted by Crippen LogP contribution is 2.42. The average molecular weight is 232 g/mol. The molecule has 0 atom stereocenters. The summed E-state index contributed by atoms with van der Waals surface area (Å²) in [5.41, 5.74) is 1.46. The number of likely N-dealkylation sites (N-methyl/N-ethyl adjacent to an activating group) is 1. The summed E-state index contributed by atoms with van der Waals surface area (Å²) in [6, 6.07) is 10.5. The zero-order valence-corrected chi connectivity index (χ0v) is 10.3. The smallest absolute Gasteiger partial charge is 0.133 e. The third-order valence-corrected chi connectivity index (χ3v) is 4.45. The number of thioether (sulfide) groups is 1. The topological polar surface area (TPSA) is 15.6 Å². The number of nitrogens with zero attached hydrogens (tertiary/aromatic N) is 2. The van der Waals surface area contributed by atoms with Gasteiger partial charge in [-0.15, -0.1) is 0 Å². The van der Waals surface area contributed by atoms with Gasteiger partial charge in [-0.25, -0.2) is 0 Å². The Morgan fingerprint density at radius 2 is 1.88 bits per heavy atom. The van der Waals surface area contributed by atoms with Crippen LogP contribution in [0.5, 0.6) is 0 Å². The molecule has 0 N–H and O–H groups in total. The summed E-state index contributed by atoms with van der Waals surface area (Å²) >= 11 is 2.05. The molecule has 1 fully saturated rings. The number of para-hydroxylation sites is 1. The van der Waals surface area contributed by atoms with Crippen LogP contribution < -0.4 is 4.90 Å². The summed E-state index contributed by atoms with van der Waals surface area (Å²) in [5, 5.41) is 0. The van der Waals surface area contributed by atoms with Gasteiger partial charge in [-0.3, -0.25) is 4.99 Å². The van der Waals surface area contributed by atoms with Crippen molar-refractivity contribution in [2.75, 3.05) is 23.5 Å². The van der Waals surface area contributed by atoms with E-state index in [1.807, 2.05) is 0 Å². The van der Waals surface area contributed by atoms with Gasteiger partial charge in [0.05, 0.1) is 0 Å². The fraction of sp³-hybridized carbons (Fsp3) is 0.462. The molecule has 16 heavy (non-hydrogen) atoms. The minimum atomic E-state index is 0.218. The molecule has 0 saturated carbocycles. The lowest BCUT2D eigenvalue weighted by atomic mass is 9.99. The molecule has 2 aliphatic rings. The largest absolute Gasteiger partial charge is 0.331 e. The molecule has 1 aromatic carbocycles. The van der Waals surface area contributed by atoms with Gasteiger partial charge in [0, 0.05) is 12.7 Å². The monoisotopic (exact) mass is 232 g/mol. The lowest BCUT2D eigenvalue weighted by Gasteiger charge is -2.24. The number of hydrogen-bond acceptors (Lipinski definition) is 3. The molecule has 1 aromatic rings. The molecular formula is C13H16N2S. The molecule has 0 aromatic heterocycles. The number of benzene rings is 1. The van der Waals surface area contributed by atoms with E-state index in [0.717, 1.165) is 0 Å². The van der Waals surface area contributed by atoms with Crippen molar-refractivity contribution in [3.8, 4) is 0 Å². The van der Waals surface area contributed by atoms with Crippen LogP contribution in [0.4, 0.5) is 5.69 Å². The maximum absolute atomic E-state index is 4.75. The third-order valence-electron chi connectivity index (χ3n) is 3.47. The first kappa shape index (κ1) is 10.2. The number of amidine groups is 1. The number of hydrogen-bond donors (Lipinski definition) is 0. The fourth-order valence-electron chi connectivity index (χ4n) is 2.38. The van der Waals surface area contributed by atoms with Crippen molar-refractivity contribution in [3.05, 3.63) is 30.3 Å². The second-order valence-corrected chi connectivity index (χ2v) is 5.70. The zero-order chi connectivity index (χ0) is 11.0. The van der Waals surface area contributed by atoms with Crippen LogP contribution in [0.15, 0.2) is 35.3 Å². The Labute approximate surface area is 101 Å². The molecule has 1 spiro atoms. The van der Waals surface area contributed by atoms with Crippen molar-refractivity contribution in [3.63, 3.8) is 0 Å². The number of rotatable bonds is 1. The average Bonchev–Trinajstić information content (AvgIpc) is 3.04. The van der Waals surface area contributed by atoms with Crippen molar-refractivity contribution in [1.29, 1.82) is 0 Å². The highest BCUT2D eigenvalue weighted by molar-refractivity contribution is 7.99. The molecule has 0 bridgehead atoms. The molecule has 0 amide bonds. The van der Waals surface area contributed by atoms with Gasteiger partial charge >= 0.3 is 0 Å². The van der Waals surface area contributed by atoms with Gasteiger partial charge in [-0.2, -0.15) is 11.8 Å². The summed E-state index contributed by atoms with van der Waals surface area (Å²) < 4.78 is 0. The summed E-state index contributed by atoms with van der Waals surface area (Å²) in [4.78, 5) is 7.00. The molecule has 0 radical (unpaired) electrons. The van der Waals surface area contributed by atoms with Crippen LogP contribution in [-0.2, 0) is 0 Å². The van der Waals surface area contributed by atoms with Crippen LogP contribution in [0.3, 0.4) is 0 Å². The quantitative estimate of drug-likeness (QED) is 0.740. The van der Waals surface area contributed by atoms with E-state index in [-0.39, 0.29) is 5.54 Å². The molecule has 0 aliphatic carbocycles. The van der Waals surface area contributed by atoms with Gasteiger partial charge in [-0.05, 0) is 36.5 Å². The van der Waals surface area contributed by atoms with E-state index in [1.54, 1.807) is 0 Å². The van der Waals surface area contributed by atoms with Crippen LogP contribution in [0, 0.1) is 0 Å². The normalized spacial score (nSPS) is 21.7. The highest BCUT2D eigenvalue weighted by atomic mass is 32.2. The molecule has 3 heteroatoms. The second-order valence-electron chi connectivity index (χ2n) is 4.47. The predicted molar refractivity (Wildman–Crippen MR) is 71.6 cm³/mol. The van der Waals surface area contributed by atoms with Crippen LogP contribution in [0.2, 0.25) is 0 Å². The maximum Gasteiger partial charge on any atom is 0.133 e. The molecule has 2 nitrogen and oxygen atoms in total. The SMILES string of the molecule is CN(C1=NC12CCSCC2)c1ccccc1. The maximum atomic E-state index is 4.75. The van der Waals surface area contributed by atoms with Crippen molar-refractivity contribution in [2.45, 2.75) is 18.4 Å². The van der Waals surface area contributed by atoms with Gasteiger partial charge in [-0.1, -0.05) is 18.2 Å². The van der Waals surface area contributed by atoms with Gasteiger partial charge in [0.2, 0.25) is 0 Å². The molecule has 2 aliphatic heterocycles. The Kier molecular flexibility index (Phi) is 2.43. The van der Waals surface area contributed by atoms with Crippen molar-refractivity contribution in [1.82, 2.24) is 0 Å².